The number of hydrogen-bond acceptors (Lipinski definition) is 4. The first-order valence-corrected chi connectivity index (χ1v) is 31.8. The molecule has 1 aromatic heterocycles. The Morgan fingerprint density at radius 3 is 1.38 bits per heavy atom. The van der Waals surface area contributed by atoms with Crippen LogP contribution >= 0.6 is 0 Å². The molecule has 15 rings (SSSR count). The van der Waals surface area contributed by atoms with E-state index in [2.05, 4.69) is 262 Å². The second-order valence-corrected chi connectivity index (χ2v) is 25.3. The first-order valence-electron chi connectivity index (χ1n) is 31.8. The van der Waals surface area contributed by atoms with Gasteiger partial charge in [-0.25, -0.2) is 0 Å². The molecule has 2 aliphatic carbocycles. The van der Waals surface area contributed by atoms with E-state index in [-0.39, 0.29) is 5.75 Å². The number of nitrogens with zero attached hydrogens (tertiary/aromatic N) is 2. The Kier molecular flexibility index (Phi) is 13.9. The molecule has 0 atom stereocenters. The number of phenols is 1. The minimum atomic E-state index is 0.243. The highest BCUT2D eigenvalue weighted by atomic mass is 16.3. The fraction of sp³-hybridized carbons (Fsp3) is 0.220. The molecule has 0 amide bonds. The zero-order valence-corrected chi connectivity index (χ0v) is 50.0. The van der Waals surface area contributed by atoms with Crippen molar-refractivity contribution >= 4 is 88.4 Å². The van der Waals surface area contributed by atoms with Crippen molar-refractivity contribution in [3.63, 3.8) is 0 Å². The van der Waals surface area contributed by atoms with Crippen molar-refractivity contribution in [3.05, 3.63) is 247 Å². The van der Waals surface area contributed by atoms with E-state index in [9.17, 15) is 5.11 Å². The van der Waals surface area contributed by atoms with Crippen molar-refractivity contribution in [2.24, 2.45) is 0 Å². The van der Waals surface area contributed by atoms with E-state index in [4.69, 9.17) is 4.42 Å². The molecule has 0 unspecified atom stereocenters. The fourth-order valence-electron chi connectivity index (χ4n) is 15.1. The van der Waals surface area contributed by atoms with Gasteiger partial charge in [0.25, 0.3) is 0 Å². The number of phenolic OH excluding ortho intramolecular Hbond substituents is 1. The van der Waals surface area contributed by atoms with Gasteiger partial charge in [0, 0.05) is 44.0 Å². The molecule has 424 valence electrons. The van der Waals surface area contributed by atoms with Gasteiger partial charge in [0.2, 0.25) is 0 Å². The van der Waals surface area contributed by atoms with Crippen molar-refractivity contribution in [3.8, 4) is 39.1 Å². The van der Waals surface area contributed by atoms with Gasteiger partial charge in [-0.15, -0.1) is 0 Å². The smallest absolute Gasteiger partial charge is 0.159 e. The van der Waals surface area contributed by atoms with Crippen LogP contribution in [0.1, 0.15) is 138 Å². The van der Waals surface area contributed by atoms with Gasteiger partial charge >= 0.3 is 0 Å². The first-order chi connectivity index (χ1) is 42.3. The summed E-state index contributed by atoms with van der Waals surface area (Å²) in [5, 5.41) is 22.2. The first kappa shape index (κ1) is 53.6. The molecule has 13 aromatic rings. The number of hydrogen-bond donors (Lipinski definition) is 1. The summed E-state index contributed by atoms with van der Waals surface area (Å²) in [6.45, 7) is 9.05. The van der Waals surface area contributed by atoms with Gasteiger partial charge in [-0.1, -0.05) is 236 Å². The number of furan rings is 1. The van der Waals surface area contributed by atoms with Gasteiger partial charge in [0.1, 0.15) is 11.3 Å². The molecule has 0 spiro atoms. The van der Waals surface area contributed by atoms with Gasteiger partial charge in [0.15, 0.2) is 5.58 Å². The Labute approximate surface area is 506 Å². The lowest BCUT2D eigenvalue weighted by molar-refractivity contribution is 0.443. The second-order valence-electron chi connectivity index (χ2n) is 25.3. The van der Waals surface area contributed by atoms with E-state index < -0.39 is 0 Å². The molecule has 2 aliphatic rings. The van der Waals surface area contributed by atoms with Gasteiger partial charge in [-0.3, -0.25) is 0 Å². The van der Waals surface area contributed by atoms with Crippen LogP contribution < -0.4 is 9.80 Å². The molecule has 0 radical (unpaired) electrons. The number of para-hydroxylation sites is 3. The third kappa shape index (κ3) is 9.37. The topological polar surface area (TPSA) is 39.9 Å². The number of aromatic hydroxyl groups is 1. The van der Waals surface area contributed by atoms with Crippen molar-refractivity contribution in [1.82, 2.24) is 0 Å². The zero-order chi connectivity index (χ0) is 58.0. The number of fused-ring (bicyclic) bond motifs is 3. The molecule has 86 heavy (non-hydrogen) atoms. The predicted octanol–water partition coefficient (Wildman–Crippen LogP) is 24.5. The minimum absolute atomic E-state index is 0.243. The van der Waals surface area contributed by atoms with Crippen molar-refractivity contribution in [2.75, 3.05) is 9.80 Å². The van der Waals surface area contributed by atoms with Crippen LogP contribution in [-0.2, 0) is 0 Å². The molecule has 2 fully saturated rings. The Bertz CT molecular complexity index is 4630. The van der Waals surface area contributed by atoms with Gasteiger partial charge in [-0.2, -0.15) is 0 Å². The minimum Gasteiger partial charge on any atom is -0.505 e. The lowest BCUT2D eigenvalue weighted by Gasteiger charge is -2.30. The molecule has 0 aliphatic heterocycles. The molecular formula is C82H74N2O2. The molecular weight excluding hydrogens is 1040 g/mol. The van der Waals surface area contributed by atoms with Crippen LogP contribution in [-0.4, -0.2) is 5.11 Å². The van der Waals surface area contributed by atoms with Gasteiger partial charge in [0.05, 0.1) is 22.7 Å². The summed E-state index contributed by atoms with van der Waals surface area (Å²) >= 11 is 0. The normalized spacial score (nSPS) is 14.4. The van der Waals surface area contributed by atoms with Gasteiger partial charge in [-0.05, 0) is 170 Å². The summed E-state index contributed by atoms with van der Waals surface area (Å²) in [6, 6.07) is 83.0. The predicted molar refractivity (Wildman–Crippen MR) is 365 cm³/mol. The van der Waals surface area contributed by atoms with E-state index in [1.165, 1.54) is 119 Å². The van der Waals surface area contributed by atoms with Gasteiger partial charge < -0.3 is 19.3 Å². The Morgan fingerprint density at radius 1 is 0.360 bits per heavy atom. The van der Waals surface area contributed by atoms with E-state index >= 15 is 0 Å². The second kappa shape index (κ2) is 22.4. The average Bonchev–Trinajstić information content (AvgIpc) is 1.03. The summed E-state index contributed by atoms with van der Waals surface area (Å²) in [5.41, 5.74) is 19.6. The molecule has 1 heterocycles. The molecule has 1 N–H and O–H groups in total. The van der Waals surface area contributed by atoms with E-state index in [0.29, 0.717) is 23.7 Å². The molecule has 4 nitrogen and oxygen atoms in total. The zero-order valence-electron chi connectivity index (χ0n) is 50.0. The van der Waals surface area contributed by atoms with E-state index in [1.807, 2.05) is 0 Å². The summed E-state index contributed by atoms with van der Waals surface area (Å²) in [4.78, 5) is 4.77. The fourth-order valence-corrected chi connectivity index (χ4v) is 15.1. The Morgan fingerprint density at radius 2 is 0.802 bits per heavy atom. The average molecular weight is 1120 g/mol. The monoisotopic (exact) mass is 1120 g/mol. The SMILES string of the molecule is CC(C)c1ccccc1-c1cccc(-c2cccc(N(c3ccc(C4CCCCC4)cc3)c3ccc4ccc5c(N(c6ccc(C7CCCCC7)cc6)c6cccc7c6oc6c(-c8ccccc8C(C)C)cccc67)ccc6ccc3c4c65)c2O)c1. The van der Waals surface area contributed by atoms with Crippen molar-refractivity contribution < 1.29 is 9.52 Å². The maximum Gasteiger partial charge on any atom is 0.159 e. The lowest BCUT2D eigenvalue weighted by Crippen LogP contribution is -2.12. The van der Waals surface area contributed by atoms with Crippen molar-refractivity contribution in [2.45, 2.75) is 116 Å². The molecule has 2 saturated carbocycles. The van der Waals surface area contributed by atoms with Crippen LogP contribution in [0.25, 0.3) is 87.6 Å². The number of benzene rings is 12. The van der Waals surface area contributed by atoms with Crippen LogP contribution in [0.2, 0.25) is 0 Å². The van der Waals surface area contributed by atoms with Crippen LogP contribution in [0.4, 0.5) is 34.1 Å². The third-order valence-corrected chi connectivity index (χ3v) is 19.5. The Balaban J connectivity index is 0.921. The Hall–Kier alpha value is -9.12. The largest absolute Gasteiger partial charge is 0.505 e. The molecule has 12 aromatic carbocycles. The quantitative estimate of drug-likeness (QED) is 0.117. The van der Waals surface area contributed by atoms with Crippen LogP contribution in [0.3, 0.4) is 0 Å². The van der Waals surface area contributed by atoms with Crippen LogP contribution in [0.5, 0.6) is 5.75 Å². The van der Waals surface area contributed by atoms with Crippen molar-refractivity contribution in [1.29, 1.82) is 0 Å². The maximum atomic E-state index is 13.0. The van der Waals surface area contributed by atoms with E-state index in [0.717, 1.165) is 89.1 Å². The highest BCUT2D eigenvalue weighted by Crippen LogP contribution is 2.52. The summed E-state index contributed by atoms with van der Waals surface area (Å²) in [6.07, 6.45) is 12.8. The summed E-state index contributed by atoms with van der Waals surface area (Å²) in [7, 11) is 0. The lowest BCUT2D eigenvalue weighted by atomic mass is 9.84. The highest BCUT2D eigenvalue weighted by Gasteiger charge is 2.28. The third-order valence-electron chi connectivity index (χ3n) is 19.5. The molecule has 4 heteroatoms. The summed E-state index contributed by atoms with van der Waals surface area (Å²) < 4.78 is 7.36. The number of rotatable bonds is 13. The van der Waals surface area contributed by atoms with Crippen LogP contribution in [0, 0.1) is 0 Å². The number of anilines is 6. The highest BCUT2D eigenvalue weighted by molar-refractivity contribution is 6.28. The summed E-state index contributed by atoms with van der Waals surface area (Å²) in [5.74, 6) is 2.12. The standard InChI is InChI=1S/C82H74N2O2/c1-52(2)64-25-11-13-27-66(64)60-23-15-24-61(51-60)67-29-17-33-76(80(67)85)83(62-43-35-56(36-44-62)54-19-7-5-8-20-54)74-49-41-58-40-48-73-75(50-42-59-39-47-72(74)78(58)79(59)73)84(63-45-37-57(38-46-63)55-21-9-6-10-22-55)77-34-18-32-71-70-31-16-30-69(81(70)86-82(71)77)68-28-14-12-26-65(68)53(3)4/h11-18,23-55,85H,5-10,19-22H2,1-4H3. The molecule has 0 saturated heterocycles. The van der Waals surface area contributed by atoms with E-state index in [1.54, 1.807) is 0 Å². The maximum absolute atomic E-state index is 13.0. The molecule has 0 bridgehead atoms. The van der Waals surface area contributed by atoms with Crippen LogP contribution in [0.15, 0.2) is 229 Å².